The van der Waals surface area contributed by atoms with E-state index < -0.39 is 17.8 Å². The number of hydrogen-bond acceptors (Lipinski definition) is 4. The van der Waals surface area contributed by atoms with Crippen LogP contribution in [-0.2, 0) is 25.7 Å². The summed E-state index contributed by atoms with van der Waals surface area (Å²) in [6, 6.07) is 9.20. The molecule has 0 radical (unpaired) electrons. The highest BCUT2D eigenvalue weighted by molar-refractivity contribution is 6.08. The van der Waals surface area contributed by atoms with Crippen LogP contribution in [0.1, 0.15) is 24.8 Å². The van der Waals surface area contributed by atoms with E-state index in [1.165, 1.54) is 4.90 Å². The fourth-order valence-corrected chi connectivity index (χ4v) is 2.84. The highest BCUT2D eigenvalue weighted by atomic mass is 16.5. The summed E-state index contributed by atoms with van der Waals surface area (Å²) in [4.78, 5) is 36.9. The molecular formula is C15H15NO4. The molecule has 5 heteroatoms. The molecule has 104 valence electrons. The van der Waals surface area contributed by atoms with Gasteiger partial charge in [0, 0.05) is 12.5 Å². The lowest BCUT2D eigenvalue weighted by Crippen LogP contribution is -2.34. The Morgan fingerprint density at radius 2 is 2.00 bits per heavy atom. The Labute approximate surface area is 116 Å². The predicted molar refractivity (Wildman–Crippen MR) is 69.2 cm³/mol. The Bertz CT molecular complexity index is 554. The number of nitrogens with zero attached hydrogens (tertiary/aromatic N) is 1. The quantitative estimate of drug-likeness (QED) is 0.472. The smallest absolute Gasteiger partial charge is 0.318 e. The first kappa shape index (κ1) is 12.8. The van der Waals surface area contributed by atoms with Gasteiger partial charge in [-0.3, -0.25) is 19.3 Å². The molecule has 0 aromatic heterocycles. The molecule has 5 nitrogen and oxygen atoms in total. The third-order valence-electron chi connectivity index (χ3n) is 3.88. The molecule has 2 aliphatic rings. The Hall–Kier alpha value is -2.17. The SMILES string of the molecule is O=C(OCc1ccccc1)[C@@H]1C[C@@H]2CCC(=O)N2C1=O. The Morgan fingerprint density at radius 3 is 2.70 bits per heavy atom. The lowest BCUT2D eigenvalue weighted by Gasteiger charge is -2.12. The van der Waals surface area contributed by atoms with Gasteiger partial charge in [-0.15, -0.1) is 0 Å². The predicted octanol–water partition coefficient (Wildman–Crippen LogP) is 1.27. The van der Waals surface area contributed by atoms with Crippen LogP contribution in [0.25, 0.3) is 0 Å². The van der Waals surface area contributed by atoms with Crippen molar-refractivity contribution in [2.24, 2.45) is 5.92 Å². The van der Waals surface area contributed by atoms with Crippen LogP contribution in [0.5, 0.6) is 0 Å². The van der Waals surface area contributed by atoms with Crippen LogP contribution in [0, 0.1) is 5.92 Å². The molecule has 20 heavy (non-hydrogen) atoms. The van der Waals surface area contributed by atoms with Crippen molar-refractivity contribution in [2.45, 2.75) is 31.9 Å². The van der Waals surface area contributed by atoms with Gasteiger partial charge in [0.25, 0.3) is 0 Å². The average Bonchev–Trinajstić information content (AvgIpc) is 2.99. The number of carbonyl (C=O) groups is 3. The summed E-state index contributed by atoms with van der Waals surface area (Å²) >= 11 is 0. The van der Waals surface area contributed by atoms with Crippen molar-refractivity contribution in [3.63, 3.8) is 0 Å². The molecule has 1 aromatic carbocycles. The maximum atomic E-state index is 12.1. The van der Waals surface area contributed by atoms with Crippen molar-refractivity contribution in [2.75, 3.05) is 0 Å². The van der Waals surface area contributed by atoms with E-state index in [-0.39, 0.29) is 18.6 Å². The molecule has 0 saturated carbocycles. The molecule has 1 aromatic rings. The molecule has 0 spiro atoms. The summed E-state index contributed by atoms with van der Waals surface area (Å²) in [6.07, 6.45) is 1.47. The first-order chi connectivity index (χ1) is 9.66. The van der Waals surface area contributed by atoms with Gasteiger partial charge in [-0.1, -0.05) is 30.3 Å². The molecule has 3 rings (SSSR count). The van der Waals surface area contributed by atoms with Crippen molar-refractivity contribution in [1.29, 1.82) is 0 Å². The number of rotatable bonds is 3. The number of hydrogen-bond donors (Lipinski definition) is 0. The minimum Gasteiger partial charge on any atom is -0.460 e. The van der Waals surface area contributed by atoms with Gasteiger partial charge in [0.05, 0.1) is 0 Å². The molecule has 0 unspecified atom stereocenters. The third-order valence-corrected chi connectivity index (χ3v) is 3.88. The van der Waals surface area contributed by atoms with Crippen LogP contribution in [0.2, 0.25) is 0 Å². The standard InChI is InChI=1S/C15H15NO4/c17-13-7-6-11-8-12(14(18)16(11)13)15(19)20-9-10-4-2-1-3-5-10/h1-5,11-12H,6-9H2/t11-,12+/m0/s1. The zero-order valence-corrected chi connectivity index (χ0v) is 11.0. The van der Waals surface area contributed by atoms with Crippen LogP contribution in [0.3, 0.4) is 0 Å². The Balaban J connectivity index is 1.61. The van der Waals surface area contributed by atoms with E-state index in [2.05, 4.69) is 0 Å². The van der Waals surface area contributed by atoms with Crippen LogP contribution < -0.4 is 0 Å². The van der Waals surface area contributed by atoms with E-state index in [1.54, 1.807) is 0 Å². The van der Waals surface area contributed by atoms with Crippen molar-refractivity contribution in [1.82, 2.24) is 4.90 Å². The van der Waals surface area contributed by atoms with Crippen LogP contribution >= 0.6 is 0 Å². The van der Waals surface area contributed by atoms with E-state index in [0.717, 1.165) is 5.56 Å². The summed E-state index contributed by atoms with van der Waals surface area (Å²) in [6.45, 7) is 0.155. The van der Waals surface area contributed by atoms with Gasteiger partial charge in [0.1, 0.15) is 12.5 Å². The molecule has 2 fully saturated rings. The zero-order chi connectivity index (χ0) is 14.1. The van der Waals surface area contributed by atoms with E-state index in [0.29, 0.717) is 19.3 Å². The fourth-order valence-electron chi connectivity index (χ4n) is 2.84. The van der Waals surface area contributed by atoms with Gasteiger partial charge >= 0.3 is 5.97 Å². The van der Waals surface area contributed by atoms with E-state index in [9.17, 15) is 14.4 Å². The summed E-state index contributed by atoms with van der Waals surface area (Å²) in [7, 11) is 0. The number of benzene rings is 1. The first-order valence-electron chi connectivity index (χ1n) is 6.73. The van der Waals surface area contributed by atoms with E-state index >= 15 is 0 Å². The second-order valence-electron chi connectivity index (χ2n) is 5.18. The summed E-state index contributed by atoms with van der Waals surface area (Å²) in [5, 5.41) is 0. The minimum absolute atomic E-state index is 0.107. The van der Waals surface area contributed by atoms with Gasteiger partial charge in [-0.2, -0.15) is 0 Å². The monoisotopic (exact) mass is 273 g/mol. The molecule has 2 heterocycles. The summed E-state index contributed by atoms with van der Waals surface area (Å²) in [5.74, 6) is -1.90. The lowest BCUT2D eigenvalue weighted by atomic mass is 10.0. The number of carbonyl (C=O) groups excluding carboxylic acids is 3. The first-order valence-corrected chi connectivity index (χ1v) is 6.73. The molecule has 2 atom stereocenters. The zero-order valence-electron chi connectivity index (χ0n) is 11.0. The maximum Gasteiger partial charge on any atom is 0.318 e. The molecule has 0 N–H and O–H groups in total. The number of fused-ring (bicyclic) bond motifs is 1. The lowest BCUT2D eigenvalue weighted by molar-refractivity contribution is -0.154. The van der Waals surface area contributed by atoms with E-state index in [1.807, 2.05) is 30.3 Å². The second-order valence-corrected chi connectivity index (χ2v) is 5.18. The van der Waals surface area contributed by atoms with Crippen molar-refractivity contribution in [3.05, 3.63) is 35.9 Å². The van der Waals surface area contributed by atoms with Gasteiger partial charge in [0.15, 0.2) is 0 Å². The van der Waals surface area contributed by atoms with Crippen molar-refractivity contribution in [3.8, 4) is 0 Å². The summed E-state index contributed by atoms with van der Waals surface area (Å²) in [5.41, 5.74) is 0.878. The number of ether oxygens (including phenoxy) is 1. The van der Waals surface area contributed by atoms with E-state index in [4.69, 9.17) is 4.74 Å². The van der Waals surface area contributed by atoms with Gasteiger partial charge in [-0.25, -0.2) is 0 Å². The Kier molecular flexibility index (Phi) is 3.26. The number of esters is 1. The third kappa shape index (κ3) is 2.19. The highest BCUT2D eigenvalue weighted by Gasteiger charge is 2.49. The van der Waals surface area contributed by atoms with Gasteiger partial charge in [0.2, 0.25) is 11.8 Å². The molecule has 2 aliphatic heterocycles. The maximum absolute atomic E-state index is 12.1. The van der Waals surface area contributed by atoms with Crippen molar-refractivity contribution < 1.29 is 19.1 Å². The van der Waals surface area contributed by atoms with Crippen LogP contribution in [0.15, 0.2) is 30.3 Å². The largest absolute Gasteiger partial charge is 0.460 e. The molecule has 2 amide bonds. The van der Waals surface area contributed by atoms with Crippen LogP contribution in [0.4, 0.5) is 0 Å². The van der Waals surface area contributed by atoms with Gasteiger partial charge < -0.3 is 4.74 Å². The fraction of sp³-hybridized carbons (Fsp3) is 0.400. The second kappa shape index (κ2) is 5.07. The number of amides is 2. The minimum atomic E-state index is -0.812. The average molecular weight is 273 g/mol. The Morgan fingerprint density at radius 1 is 1.25 bits per heavy atom. The highest BCUT2D eigenvalue weighted by Crippen LogP contribution is 2.34. The van der Waals surface area contributed by atoms with Crippen LogP contribution in [-0.4, -0.2) is 28.7 Å². The van der Waals surface area contributed by atoms with Crippen molar-refractivity contribution >= 4 is 17.8 Å². The van der Waals surface area contributed by atoms with Gasteiger partial charge in [-0.05, 0) is 18.4 Å². The normalized spacial score (nSPS) is 24.9. The summed E-state index contributed by atoms with van der Waals surface area (Å²) < 4.78 is 5.19. The molecular weight excluding hydrogens is 258 g/mol. The number of imide groups is 1. The molecule has 2 saturated heterocycles. The molecule has 0 bridgehead atoms. The topological polar surface area (TPSA) is 63.7 Å². The molecule has 0 aliphatic carbocycles.